The maximum absolute atomic E-state index is 13.8. The molecule has 0 unspecified atom stereocenters. The molecule has 0 bridgehead atoms. The van der Waals surface area contributed by atoms with E-state index in [2.05, 4.69) is 6.08 Å². The Kier molecular flexibility index (Phi) is 10.9. The first-order chi connectivity index (χ1) is 16.1. The van der Waals surface area contributed by atoms with Gasteiger partial charge in [0.2, 0.25) is 0 Å². The molecule has 0 heterocycles. The highest BCUT2D eigenvalue weighted by Gasteiger charge is 2.25. The third-order valence-corrected chi connectivity index (χ3v) is 8.09. The van der Waals surface area contributed by atoms with Crippen LogP contribution < -0.4 is 0 Å². The van der Waals surface area contributed by atoms with Crippen molar-refractivity contribution >= 4 is 0 Å². The fourth-order valence-corrected chi connectivity index (χ4v) is 5.83. The Morgan fingerprint density at radius 3 is 1.82 bits per heavy atom. The first-order valence-corrected chi connectivity index (χ1v) is 13.2. The molecule has 2 nitrogen and oxygen atoms in total. The summed E-state index contributed by atoms with van der Waals surface area (Å²) in [5.41, 5.74) is 0.202. The number of halogens is 2. The summed E-state index contributed by atoms with van der Waals surface area (Å²) in [7, 11) is 0. The number of ether oxygens (including phenoxy) is 1. The third-order valence-electron chi connectivity index (χ3n) is 8.09. The van der Waals surface area contributed by atoms with Gasteiger partial charge < -0.3 is 4.74 Å². The van der Waals surface area contributed by atoms with Gasteiger partial charge in [-0.05, 0) is 67.6 Å². The number of nitrogens with zero attached hydrogens (tertiary/aromatic N) is 1. The monoisotopic (exact) mass is 457 g/mol. The number of benzene rings is 1. The standard InChI is InChI=1S/C29H41F2NO/c1-2-3-17-33-18-16-25-12-10-23(11-13-25)5-4-22-6-8-24(9-7-22)14-15-26-19-28(30)27(21-32)29(31)20-26/h2-3,19-20,22-25H,4-18H2,1H3/b3-2+. The SMILES string of the molecule is C/C=C/COCCC1CCC(CCC2CCC(CCc3cc(F)c(C#N)c(F)c3)CC2)CC1. The molecule has 0 spiro atoms. The van der Waals surface area contributed by atoms with Crippen LogP contribution in [0.1, 0.15) is 95.1 Å². The van der Waals surface area contributed by atoms with E-state index >= 15 is 0 Å². The normalized spacial score (nSPS) is 25.9. The molecule has 1 aromatic rings. The molecular formula is C29H41F2NO. The van der Waals surface area contributed by atoms with Gasteiger partial charge in [0.1, 0.15) is 23.3 Å². The van der Waals surface area contributed by atoms with Crippen molar-refractivity contribution in [1.29, 1.82) is 5.26 Å². The van der Waals surface area contributed by atoms with Crippen LogP contribution in [0.15, 0.2) is 24.3 Å². The van der Waals surface area contributed by atoms with Crippen molar-refractivity contribution in [1.82, 2.24) is 0 Å². The minimum absolute atomic E-state index is 0.471. The van der Waals surface area contributed by atoms with Gasteiger partial charge in [0, 0.05) is 6.61 Å². The molecule has 2 aliphatic carbocycles. The lowest BCUT2D eigenvalue weighted by Gasteiger charge is -2.32. The zero-order chi connectivity index (χ0) is 23.5. The van der Waals surface area contributed by atoms with Gasteiger partial charge in [-0.25, -0.2) is 8.78 Å². The van der Waals surface area contributed by atoms with Gasteiger partial charge in [0.15, 0.2) is 0 Å². The Labute approximate surface area is 199 Å². The quantitative estimate of drug-likeness (QED) is 0.248. The Hall–Kier alpha value is -1.73. The van der Waals surface area contributed by atoms with Gasteiger partial charge in [-0.1, -0.05) is 76.4 Å². The number of hydrogen-bond acceptors (Lipinski definition) is 2. The second kappa shape index (κ2) is 13.9. The van der Waals surface area contributed by atoms with Crippen molar-refractivity contribution in [3.8, 4) is 6.07 Å². The number of nitriles is 1. The van der Waals surface area contributed by atoms with Crippen molar-refractivity contribution in [2.24, 2.45) is 23.7 Å². The molecular weight excluding hydrogens is 416 g/mol. The summed E-state index contributed by atoms with van der Waals surface area (Å²) in [5.74, 6) is 1.84. The van der Waals surface area contributed by atoms with Crippen LogP contribution in [0.25, 0.3) is 0 Å². The molecule has 4 heteroatoms. The van der Waals surface area contributed by atoms with Crippen molar-refractivity contribution in [3.05, 3.63) is 47.0 Å². The van der Waals surface area contributed by atoms with Gasteiger partial charge in [0.25, 0.3) is 0 Å². The van der Waals surface area contributed by atoms with E-state index in [9.17, 15) is 8.78 Å². The van der Waals surface area contributed by atoms with E-state index in [0.717, 1.165) is 37.4 Å². The summed E-state index contributed by atoms with van der Waals surface area (Å²) in [4.78, 5) is 0. The Morgan fingerprint density at radius 2 is 1.33 bits per heavy atom. The van der Waals surface area contributed by atoms with Gasteiger partial charge in [-0.2, -0.15) is 5.26 Å². The minimum Gasteiger partial charge on any atom is -0.377 e. The van der Waals surface area contributed by atoms with E-state index in [4.69, 9.17) is 10.00 Å². The van der Waals surface area contributed by atoms with E-state index in [1.807, 2.05) is 13.0 Å². The average Bonchev–Trinajstić information content (AvgIpc) is 2.82. The number of hydrogen-bond donors (Lipinski definition) is 0. The van der Waals surface area contributed by atoms with Gasteiger partial charge >= 0.3 is 0 Å². The lowest BCUT2D eigenvalue weighted by atomic mass is 9.74. The second-order valence-corrected chi connectivity index (χ2v) is 10.4. The molecule has 3 rings (SSSR count). The average molecular weight is 458 g/mol. The van der Waals surface area contributed by atoms with Gasteiger partial charge in [0.05, 0.1) is 6.61 Å². The fraction of sp³-hybridized carbons (Fsp3) is 0.690. The van der Waals surface area contributed by atoms with Crippen LogP contribution in [0.3, 0.4) is 0 Å². The summed E-state index contributed by atoms with van der Waals surface area (Å²) in [6.07, 6.45) is 20.4. The molecule has 0 aliphatic heterocycles. The minimum atomic E-state index is -0.733. The smallest absolute Gasteiger partial charge is 0.144 e. The first kappa shape index (κ1) is 25.9. The zero-order valence-electron chi connectivity index (χ0n) is 20.3. The van der Waals surface area contributed by atoms with Gasteiger partial charge in [-0.3, -0.25) is 0 Å². The lowest BCUT2D eigenvalue weighted by Crippen LogP contribution is -2.19. The van der Waals surface area contributed by atoms with E-state index in [-0.39, 0.29) is 0 Å². The van der Waals surface area contributed by atoms with E-state index in [0.29, 0.717) is 17.9 Å². The highest BCUT2D eigenvalue weighted by Crippen LogP contribution is 2.38. The van der Waals surface area contributed by atoms with Crippen molar-refractivity contribution in [2.75, 3.05) is 13.2 Å². The number of allylic oxidation sites excluding steroid dienone is 1. The molecule has 2 fully saturated rings. The summed E-state index contributed by atoms with van der Waals surface area (Å²) < 4.78 is 33.3. The largest absolute Gasteiger partial charge is 0.377 e. The van der Waals surface area contributed by atoms with Crippen LogP contribution in [-0.2, 0) is 11.2 Å². The van der Waals surface area contributed by atoms with E-state index < -0.39 is 17.2 Å². The van der Waals surface area contributed by atoms with Gasteiger partial charge in [-0.15, -0.1) is 0 Å². The zero-order valence-corrected chi connectivity index (χ0v) is 20.3. The highest BCUT2D eigenvalue weighted by molar-refractivity contribution is 5.35. The van der Waals surface area contributed by atoms with Crippen LogP contribution in [0.5, 0.6) is 0 Å². The molecule has 33 heavy (non-hydrogen) atoms. The Balaban J connectivity index is 1.27. The summed E-state index contributed by atoms with van der Waals surface area (Å²) in [6.45, 7) is 3.68. The van der Waals surface area contributed by atoms with Crippen LogP contribution in [0.4, 0.5) is 8.78 Å². The van der Waals surface area contributed by atoms with Crippen LogP contribution in [-0.4, -0.2) is 13.2 Å². The maximum atomic E-state index is 13.8. The van der Waals surface area contributed by atoms with Crippen molar-refractivity contribution in [3.63, 3.8) is 0 Å². The fourth-order valence-electron chi connectivity index (χ4n) is 5.83. The van der Waals surface area contributed by atoms with E-state index in [1.54, 1.807) is 6.07 Å². The van der Waals surface area contributed by atoms with E-state index in [1.165, 1.54) is 82.8 Å². The lowest BCUT2D eigenvalue weighted by molar-refractivity contribution is 0.128. The second-order valence-electron chi connectivity index (χ2n) is 10.4. The molecule has 182 valence electrons. The molecule has 2 aliphatic rings. The summed E-state index contributed by atoms with van der Waals surface area (Å²) in [5, 5.41) is 8.81. The molecule has 0 radical (unpaired) electrons. The number of rotatable bonds is 11. The summed E-state index contributed by atoms with van der Waals surface area (Å²) in [6, 6.07) is 4.26. The third kappa shape index (κ3) is 8.53. The molecule has 2 saturated carbocycles. The maximum Gasteiger partial charge on any atom is 0.144 e. The molecule has 0 atom stereocenters. The molecule has 0 saturated heterocycles. The molecule has 0 amide bonds. The molecule has 0 N–H and O–H groups in total. The molecule has 1 aromatic carbocycles. The predicted molar refractivity (Wildman–Crippen MR) is 130 cm³/mol. The number of aryl methyl sites for hydroxylation is 1. The van der Waals surface area contributed by atoms with Crippen molar-refractivity contribution < 1.29 is 13.5 Å². The molecule has 0 aromatic heterocycles. The van der Waals surface area contributed by atoms with Crippen molar-refractivity contribution in [2.45, 2.75) is 90.4 Å². The first-order valence-electron chi connectivity index (χ1n) is 13.2. The highest BCUT2D eigenvalue weighted by atomic mass is 19.1. The van der Waals surface area contributed by atoms with Crippen LogP contribution in [0.2, 0.25) is 0 Å². The van der Waals surface area contributed by atoms with Crippen LogP contribution in [0, 0.1) is 46.6 Å². The Bertz CT molecular complexity index is 760. The Morgan fingerprint density at radius 1 is 0.848 bits per heavy atom. The summed E-state index contributed by atoms with van der Waals surface area (Å²) >= 11 is 0. The predicted octanol–water partition coefficient (Wildman–Crippen LogP) is 8.14. The topological polar surface area (TPSA) is 33.0 Å². The van der Waals surface area contributed by atoms with Crippen LogP contribution >= 0.6 is 0 Å².